The zero-order chi connectivity index (χ0) is 9.95. The van der Waals surface area contributed by atoms with Gasteiger partial charge in [0.05, 0.1) is 17.8 Å². The van der Waals surface area contributed by atoms with E-state index in [0.717, 1.165) is 19.4 Å². The Bertz CT molecular complexity index is 157. The summed E-state index contributed by atoms with van der Waals surface area (Å²) in [6.07, 6.45) is 1.87. The zero-order valence-electron chi connectivity index (χ0n) is 8.93. The van der Waals surface area contributed by atoms with E-state index in [1.165, 1.54) is 0 Å². The van der Waals surface area contributed by atoms with Crippen LogP contribution in [0.15, 0.2) is 0 Å². The van der Waals surface area contributed by atoms with E-state index >= 15 is 0 Å². The summed E-state index contributed by atoms with van der Waals surface area (Å²) in [6, 6.07) is 0. The first-order chi connectivity index (χ1) is 5.97. The summed E-state index contributed by atoms with van der Waals surface area (Å²) in [6.45, 7) is 8.38. The van der Waals surface area contributed by atoms with E-state index in [4.69, 9.17) is 15.2 Å². The minimum absolute atomic E-state index is 0.108. The Hall–Kier alpha value is -0.120. The van der Waals surface area contributed by atoms with Crippen LogP contribution in [0.3, 0.4) is 0 Å². The minimum atomic E-state index is -0.118. The molecule has 13 heavy (non-hydrogen) atoms. The summed E-state index contributed by atoms with van der Waals surface area (Å²) in [4.78, 5) is 0. The van der Waals surface area contributed by atoms with Crippen molar-refractivity contribution in [2.75, 3.05) is 19.8 Å². The van der Waals surface area contributed by atoms with Crippen molar-refractivity contribution in [1.82, 2.24) is 0 Å². The molecule has 1 rings (SSSR count). The smallest absolute Gasteiger partial charge is 0.0955 e. The molecule has 2 N–H and O–H groups in total. The molecule has 1 saturated heterocycles. The molecule has 0 spiro atoms. The highest BCUT2D eigenvalue weighted by Crippen LogP contribution is 2.31. The third-order valence-corrected chi connectivity index (χ3v) is 2.19. The quantitative estimate of drug-likeness (QED) is 0.724. The van der Waals surface area contributed by atoms with E-state index in [0.29, 0.717) is 13.2 Å². The SMILES string of the molecule is CC(C)(C)OC1(CCN)CCOC1. The molecule has 1 atom stereocenters. The number of hydrogen-bond acceptors (Lipinski definition) is 3. The van der Waals surface area contributed by atoms with Crippen molar-refractivity contribution in [3.8, 4) is 0 Å². The Morgan fingerprint density at radius 3 is 2.54 bits per heavy atom. The van der Waals surface area contributed by atoms with Gasteiger partial charge in [0.15, 0.2) is 0 Å². The Balaban J connectivity index is 2.56. The van der Waals surface area contributed by atoms with Crippen LogP contribution in [-0.4, -0.2) is 31.0 Å². The van der Waals surface area contributed by atoms with Gasteiger partial charge in [0.1, 0.15) is 0 Å². The van der Waals surface area contributed by atoms with E-state index in [9.17, 15) is 0 Å². The Morgan fingerprint density at radius 1 is 1.46 bits per heavy atom. The molecule has 78 valence electrons. The lowest BCUT2D eigenvalue weighted by Crippen LogP contribution is -2.42. The molecule has 1 heterocycles. The molecule has 3 heteroatoms. The maximum absolute atomic E-state index is 6.02. The summed E-state index contributed by atoms with van der Waals surface area (Å²) >= 11 is 0. The summed E-state index contributed by atoms with van der Waals surface area (Å²) in [5.41, 5.74) is 5.35. The lowest BCUT2D eigenvalue weighted by molar-refractivity contribution is -0.134. The van der Waals surface area contributed by atoms with E-state index < -0.39 is 0 Å². The predicted octanol–water partition coefficient (Wildman–Crippen LogP) is 1.31. The maximum atomic E-state index is 6.02. The van der Waals surface area contributed by atoms with Gasteiger partial charge < -0.3 is 15.2 Å². The summed E-state index contributed by atoms with van der Waals surface area (Å²) < 4.78 is 11.4. The molecule has 0 saturated carbocycles. The fourth-order valence-electron chi connectivity index (χ4n) is 1.83. The monoisotopic (exact) mass is 187 g/mol. The average molecular weight is 187 g/mol. The van der Waals surface area contributed by atoms with Crippen LogP contribution in [0.2, 0.25) is 0 Å². The van der Waals surface area contributed by atoms with Crippen molar-refractivity contribution in [2.24, 2.45) is 5.73 Å². The third kappa shape index (κ3) is 3.25. The largest absolute Gasteiger partial charge is 0.378 e. The van der Waals surface area contributed by atoms with Crippen molar-refractivity contribution < 1.29 is 9.47 Å². The van der Waals surface area contributed by atoms with Gasteiger partial charge in [-0.2, -0.15) is 0 Å². The Morgan fingerprint density at radius 2 is 2.15 bits per heavy atom. The molecule has 0 radical (unpaired) electrons. The van der Waals surface area contributed by atoms with Gasteiger partial charge in [-0.15, -0.1) is 0 Å². The van der Waals surface area contributed by atoms with E-state index in [1.54, 1.807) is 0 Å². The fourth-order valence-corrected chi connectivity index (χ4v) is 1.83. The minimum Gasteiger partial charge on any atom is -0.378 e. The molecule has 1 unspecified atom stereocenters. The first-order valence-electron chi connectivity index (χ1n) is 4.95. The maximum Gasteiger partial charge on any atom is 0.0955 e. The summed E-state index contributed by atoms with van der Waals surface area (Å²) in [5.74, 6) is 0. The van der Waals surface area contributed by atoms with E-state index in [1.807, 2.05) is 0 Å². The van der Waals surface area contributed by atoms with Crippen LogP contribution in [0.4, 0.5) is 0 Å². The third-order valence-electron chi connectivity index (χ3n) is 2.19. The van der Waals surface area contributed by atoms with Crippen LogP contribution in [0.5, 0.6) is 0 Å². The first-order valence-corrected chi connectivity index (χ1v) is 4.95. The van der Waals surface area contributed by atoms with Gasteiger partial charge in [-0.05, 0) is 33.7 Å². The molecular formula is C10H21NO2. The Labute approximate surface area is 80.6 Å². The topological polar surface area (TPSA) is 44.5 Å². The van der Waals surface area contributed by atoms with Crippen molar-refractivity contribution in [3.05, 3.63) is 0 Å². The molecule has 0 aromatic carbocycles. The molecular weight excluding hydrogens is 166 g/mol. The van der Waals surface area contributed by atoms with E-state index in [2.05, 4.69) is 20.8 Å². The number of ether oxygens (including phenoxy) is 2. The van der Waals surface area contributed by atoms with Gasteiger partial charge in [-0.3, -0.25) is 0 Å². The standard InChI is InChI=1S/C10H21NO2/c1-9(2,3)13-10(4-6-11)5-7-12-8-10/h4-8,11H2,1-3H3. The molecule has 0 amide bonds. The summed E-state index contributed by atoms with van der Waals surface area (Å²) in [5, 5.41) is 0. The number of nitrogens with two attached hydrogens (primary N) is 1. The van der Waals surface area contributed by atoms with Crippen LogP contribution in [0, 0.1) is 0 Å². The van der Waals surface area contributed by atoms with Crippen molar-refractivity contribution in [2.45, 2.75) is 44.8 Å². The molecule has 3 nitrogen and oxygen atoms in total. The van der Waals surface area contributed by atoms with Crippen LogP contribution in [0.25, 0.3) is 0 Å². The van der Waals surface area contributed by atoms with Gasteiger partial charge in [-0.1, -0.05) is 0 Å². The molecule has 0 aromatic rings. The van der Waals surface area contributed by atoms with Gasteiger partial charge in [-0.25, -0.2) is 0 Å². The van der Waals surface area contributed by atoms with Crippen molar-refractivity contribution >= 4 is 0 Å². The highest BCUT2D eigenvalue weighted by Gasteiger charge is 2.38. The van der Waals surface area contributed by atoms with Gasteiger partial charge >= 0.3 is 0 Å². The van der Waals surface area contributed by atoms with Gasteiger partial charge in [0.25, 0.3) is 0 Å². The molecule has 1 fully saturated rings. The average Bonchev–Trinajstić information content (AvgIpc) is 2.33. The first kappa shape index (κ1) is 11.0. The normalized spacial score (nSPS) is 29.5. The van der Waals surface area contributed by atoms with E-state index in [-0.39, 0.29) is 11.2 Å². The Kier molecular flexibility index (Phi) is 3.33. The fraction of sp³-hybridized carbons (Fsp3) is 1.00. The second-order valence-electron chi connectivity index (χ2n) is 4.74. The van der Waals surface area contributed by atoms with Gasteiger partial charge in [0, 0.05) is 13.0 Å². The highest BCUT2D eigenvalue weighted by molar-refractivity contribution is 4.87. The zero-order valence-corrected chi connectivity index (χ0v) is 8.93. The lowest BCUT2D eigenvalue weighted by atomic mass is 9.97. The van der Waals surface area contributed by atoms with Crippen LogP contribution in [0.1, 0.15) is 33.6 Å². The van der Waals surface area contributed by atoms with Crippen molar-refractivity contribution in [1.29, 1.82) is 0 Å². The highest BCUT2D eigenvalue weighted by atomic mass is 16.6. The second-order valence-corrected chi connectivity index (χ2v) is 4.74. The molecule has 0 aromatic heterocycles. The lowest BCUT2D eigenvalue weighted by Gasteiger charge is -2.35. The predicted molar refractivity (Wildman–Crippen MR) is 52.7 cm³/mol. The summed E-state index contributed by atoms with van der Waals surface area (Å²) in [7, 11) is 0. The van der Waals surface area contributed by atoms with Crippen LogP contribution < -0.4 is 5.73 Å². The molecule has 0 bridgehead atoms. The second kappa shape index (κ2) is 3.95. The van der Waals surface area contributed by atoms with Crippen LogP contribution >= 0.6 is 0 Å². The van der Waals surface area contributed by atoms with Gasteiger partial charge in [0.2, 0.25) is 0 Å². The number of hydrogen-bond donors (Lipinski definition) is 1. The molecule has 1 aliphatic heterocycles. The number of rotatable bonds is 3. The molecule has 1 aliphatic rings. The van der Waals surface area contributed by atoms with Crippen molar-refractivity contribution in [3.63, 3.8) is 0 Å². The van der Waals surface area contributed by atoms with Crippen LogP contribution in [-0.2, 0) is 9.47 Å². The molecule has 0 aliphatic carbocycles.